The van der Waals surface area contributed by atoms with Crippen LogP contribution < -0.4 is 5.56 Å². The Kier molecular flexibility index (Phi) is 2.92. The molecular formula is C12H15ClN2O2. The molecule has 2 fully saturated rings. The lowest BCUT2D eigenvalue weighted by atomic mass is 10.4. The van der Waals surface area contributed by atoms with E-state index in [-0.39, 0.29) is 10.7 Å². The van der Waals surface area contributed by atoms with Gasteiger partial charge in [0.2, 0.25) is 0 Å². The van der Waals surface area contributed by atoms with Crippen molar-refractivity contribution in [2.45, 2.75) is 38.3 Å². The smallest absolute Gasteiger partial charge is 0.256 e. The van der Waals surface area contributed by atoms with Crippen molar-refractivity contribution in [3.8, 4) is 0 Å². The molecule has 0 radical (unpaired) electrons. The quantitative estimate of drug-likeness (QED) is 0.757. The van der Waals surface area contributed by atoms with Crippen LogP contribution in [0.5, 0.6) is 0 Å². The Hall–Kier alpha value is -0.870. The second-order valence-corrected chi connectivity index (χ2v) is 5.31. The fraction of sp³-hybridized carbons (Fsp3) is 0.667. The third-order valence-electron chi connectivity index (χ3n) is 3.22. The van der Waals surface area contributed by atoms with Gasteiger partial charge in [0.05, 0.1) is 6.61 Å². The Balaban J connectivity index is 1.77. The van der Waals surface area contributed by atoms with Crippen molar-refractivity contribution in [2.24, 2.45) is 5.92 Å². The van der Waals surface area contributed by atoms with Gasteiger partial charge in [-0.15, -0.1) is 0 Å². The van der Waals surface area contributed by atoms with Crippen molar-refractivity contribution in [3.63, 3.8) is 0 Å². The van der Waals surface area contributed by atoms with E-state index in [4.69, 9.17) is 16.3 Å². The van der Waals surface area contributed by atoms with Crippen LogP contribution in [0, 0.1) is 5.92 Å². The van der Waals surface area contributed by atoms with E-state index in [0.29, 0.717) is 18.6 Å². The van der Waals surface area contributed by atoms with E-state index in [1.807, 2.05) is 0 Å². The van der Waals surface area contributed by atoms with Crippen LogP contribution in [0.1, 0.15) is 37.4 Å². The summed E-state index contributed by atoms with van der Waals surface area (Å²) >= 11 is 5.82. The van der Waals surface area contributed by atoms with E-state index in [0.717, 1.165) is 25.3 Å². The monoisotopic (exact) mass is 254 g/mol. The molecule has 0 atom stereocenters. The third-order valence-corrected chi connectivity index (χ3v) is 3.41. The predicted octanol–water partition coefficient (Wildman–Crippen LogP) is 2.16. The highest BCUT2D eigenvalue weighted by Crippen LogP contribution is 2.38. The van der Waals surface area contributed by atoms with E-state index in [2.05, 4.69) is 4.98 Å². The molecule has 1 heterocycles. The summed E-state index contributed by atoms with van der Waals surface area (Å²) in [4.78, 5) is 16.1. The van der Waals surface area contributed by atoms with Gasteiger partial charge in [0.1, 0.15) is 17.7 Å². The fourth-order valence-corrected chi connectivity index (χ4v) is 2.05. The number of ether oxygens (including phenoxy) is 1. The summed E-state index contributed by atoms with van der Waals surface area (Å²) < 4.78 is 7.18. The summed E-state index contributed by atoms with van der Waals surface area (Å²) in [5, 5.41) is 0.287. The number of halogens is 1. The lowest BCUT2D eigenvalue weighted by Gasteiger charge is -2.11. The van der Waals surface area contributed by atoms with E-state index in [1.165, 1.54) is 18.9 Å². The molecule has 2 aliphatic carbocycles. The molecule has 0 N–H and O–H groups in total. The van der Waals surface area contributed by atoms with Crippen molar-refractivity contribution >= 4 is 11.6 Å². The first kappa shape index (κ1) is 11.2. The van der Waals surface area contributed by atoms with Gasteiger partial charge in [0.25, 0.3) is 5.56 Å². The van der Waals surface area contributed by atoms with Crippen LogP contribution in [-0.2, 0) is 11.5 Å². The first-order valence-electron chi connectivity index (χ1n) is 6.09. The molecular weight excluding hydrogens is 240 g/mol. The number of rotatable bonds is 5. The topological polar surface area (TPSA) is 44.1 Å². The molecule has 5 heteroatoms. The second kappa shape index (κ2) is 4.42. The first-order chi connectivity index (χ1) is 8.24. The Morgan fingerprint density at radius 2 is 2.18 bits per heavy atom. The SMILES string of the molecule is O=c1cc(Cl)nc(C2CC2)n1COCC1CC1. The van der Waals surface area contributed by atoms with E-state index >= 15 is 0 Å². The molecule has 2 aliphatic rings. The highest BCUT2D eigenvalue weighted by atomic mass is 35.5. The van der Waals surface area contributed by atoms with Gasteiger partial charge in [-0.25, -0.2) is 4.98 Å². The van der Waals surface area contributed by atoms with Crippen LogP contribution in [0.15, 0.2) is 10.9 Å². The van der Waals surface area contributed by atoms with Crippen LogP contribution >= 0.6 is 11.6 Å². The maximum absolute atomic E-state index is 11.8. The van der Waals surface area contributed by atoms with Crippen molar-refractivity contribution in [2.75, 3.05) is 6.61 Å². The molecule has 0 saturated heterocycles. The number of aromatic nitrogens is 2. The number of hydrogen-bond acceptors (Lipinski definition) is 3. The lowest BCUT2D eigenvalue weighted by molar-refractivity contribution is 0.0641. The first-order valence-corrected chi connectivity index (χ1v) is 6.47. The highest BCUT2D eigenvalue weighted by molar-refractivity contribution is 6.29. The zero-order valence-corrected chi connectivity index (χ0v) is 10.3. The van der Waals surface area contributed by atoms with Crippen LogP contribution in [-0.4, -0.2) is 16.2 Å². The van der Waals surface area contributed by atoms with Gasteiger partial charge in [0, 0.05) is 12.0 Å². The van der Waals surface area contributed by atoms with Gasteiger partial charge in [-0.2, -0.15) is 0 Å². The van der Waals surface area contributed by atoms with Gasteiger partial charge >= 0.3 is 0 Å². The molecule has 92 valence electrons. The van der Waals surface area contributed by atoms with Crippen molar-refractivity contribution < 1.29 is 4.74 Å². The highest BCUT2D eigenvalue weighted by Gasteiger charge is 2.29. The number of hydrogen-bond donors (Lipinski definition) is 0. The fourth-order valence-electron chi connectivity index (χ4n) is 1.87. The van der Waals surface area contributed by atoms with E-state index in [9.17, 15) is 4.79 Å². The molecule has 1 aromatic rings. The summed E-state index contributed by atoms with van der Waals surface area (Å²) in [6, 6.07) is 1.36. The summed E-state index contributed by atoms with van der Waals surface area (Å²) in [5.74, 6) is 1.89. The maximum Gasteiger partial charge on any atom is 0.256 e. The molecule has 0 spiro atoms. The average molecular weight is 255 g/mol. The van der Waals surface area contributed by atoms with Crippen molar-refractivity contribution in [1.29, 1.82) is 0 Å². The molecule has 0 aliphatic heterocycles. The summed E-state index contributed by atoms with van der Waals surface area (Å²) in [5.41, 5.74) is -0.109. The van der Waals surface area contributed by atoms with Gasteiger partial charge in [0.15, 0.2) is 0 Å². The predicted molar refractivity (Wildman–Crippen MR) is 64.2 cm³/mol. The van der Waals surface area contributed by atoms with Crippen LogP contribution in [0.4, 0.5) is 0 Å². The molecule has 0 amide bonds. The van der Waals surface area contributed by atoms with Crippen LogP contribution in [0.2, 0.25) is 5.15 Å². The Bertz CT molecular complexity index is 478. The van der Waals surface area contributed by atoms with Gasteiger partial charge in [-0.3, -0.25) is 9.36 Å². The van der Waals surface area contributed by atoms with Gasteiger partial charge < -0.3 is 4.74 Å². The molecule has 3 rings (SSSR count). The normalized spacial score (nSPS) is 19.6. The zero-order valence-electron chi connectivity index (χ0n) is 9.56. The maximum atomic E-state index is 11.8. The van der Waals surface area contributed by atoms with Crippen molar-refractivity contribution in [3.05, 3.63) is 27.4 Å². The second-order valence-electron chi connectivity index (χ2n) is 4.92. The lowest BCUT2D eigenvalue weighted by Crippen LogP contribution is -2.25. The average Bonchev–Trinajstić information content (AvgIpc) is 3.15. The summed E-state index contributed by atoms with van der Waals surface area (Å²) in [6.45, 7) is 1.06. The molecule has 0 bridgehead atoms. The Morgan fingerprint density at radius 1 is 1.41 bits per heavy atom. The van der Waals surface area contributed by atoms with Gasteiger partial charge in [-0.05, 0) is 31.6 Å². The van der Waals surface area contributed by atoms with E-state index in [1.54, 1.807) is 4.57 Å². The van der Waals surface area contributed by atoms with Crippen LogP contribution in [0.25, 0.3) is 0 Å². The Morgan fingerprint density at radius 3 is 2.82 bits per heavy atom. The van der Waals surface area contributed by atoms with Crippen LogP contribution in [0.3, 0.4) is 0 Å². The molecule has 0 unspecified atom stereocenters. The molecule has 0 aromatic carbocycles. The van der Waals surface area contributed by atoms with Crippen molar-refractivity contribution in [1.82, 2.24) is 9.55 Å². The van der Waals surface area contributed by atoms with Gasteiger partial charge in [-0.1, -0.05) is 11.6 Å². The minimum atomic E-state index is -0.109. The molecule has 4 nitrogen and oxygen atoms in total. The number of nitrogens with zero attached hydrogens (tertiary/aromatic N) is 2. The van der Waals surface area contributed by atoms with E-state index < -0.39 is 0 Å². The summed E-state index contributed by atoms with van der Waals surface area (Å²) in [7, 11) is 0. The molecule has 2 saturated carbocycles. The molecule has 17 heavy (non-hydrogen) atoms. The minimum Gasteiger partial charge on any atom is -0.360 e. The minimum absolute atomic E-state index is 0.109. The molecule has 1 aromatic heterocycles. The standard InChI is InChI=1S/C12H15ClN2O2/c13-10-5-11(16)15(7-17-6-8-1-2-8)12(14-10)9-3-4-9/h5,8-9H,1-4,6-7H2. The Labute approximate surface area is 105 Å². The largest absolute Gasteiger partial charge is 0.360 e. The third kappa shape index (κ3) is 2.69. The zero-order chi connectivity index (χ0) is 11.8. The summed E-state index contributed by atoms with van der Waals surface area (Å²) in [6.07, 6.45) is 4.69.